The molecule has 0 unspecified atom stereocenters. The molecule has 1 saturated heterocycles. The van der Waals surface area contributed by atoms with Crippen molar-refractivity contribution < 1.29 is 9.53 Å². The summed E-state index contributed by atoms with van der Waals surface area (Å²) in [5, 5.41) is 2.88. The van der Waals surface area contributed by atoms with Crippen molar-refractivity contribution in [3.8, 4) is 17.3 Å². The van der Waals surface area contributed by atoms with Gasteiger partial charge in [-0.05, 0) is 32.8 Å². The molecule has 0 spiro atoms. The van der Waals surface area contributed by atoms with Crippen LogP contribution in [-0.2, 0) is 4.79 Å². The summed E-state index contributed by atoms with van der Waals surface area (Å²) in [4.78, 5) is 28.5. The molecule has 2 aliphatic rings. The topological polar surface area (TPSA) is 97.7 Å². The Morgan fingerprint density at radius 3 is 2.85 bits per heavy atom. The molecule has 8 heteroatoms. The standard InChI is InChI=1S/C19H22N6O2/c1-10(12-5-17(26)21-7-12)27-19-18-15(22-9-25(18)13-3-4-13)6-14(24-19)16-8-20-11(2)23-16/h6,8-10,12-13H,3-5,7H2,1-2H3,(H,20,23)(H,21,26)/t10-,12-/m1/s1. The third kappa shape index (κ3) is 2.94. The lowest BCUT2D eigenvalue weighted by atomic mass is 10.0. The van der Waals surface area contributed by atoms with E-state index in [4.69, 9.17) is 9.72 Å². The van der Waals surface area contributed by atoms with Crippen LogP contribution in [0.15, 0.2) is 18.6 Å². The Kier molecular flexibility index (Phi) is 3.66. The minimum atomic E-state index is -0.124. The quantitative estimate of drug-likeness (QED) is 0.722. The van der Waals surface area contributed by atoms with Crippen LogP contribution in [0, 0.1) is 12.8 Å². The molecule has 0 radical (unpaired) electrons. The maximum atomic E-state index is 11.6. The molecule has 0 bridgehead atoms. The molecule has 2 N–H and O–H groups in total. The molecule has 5 rings (SSSR count). The SMILES string of the molecule is Cc1ncc(-c2cc3ncn(C4CC4)c3c(O[C@H](C)[C@H]3CNC(=O)C3)n2)[nH]1. The lowest BCUT2D eigenvalue weighted by Crippen LogP contribution is -2.26. The molecule has 0 aromatic carbocycles. The van der Waals surface area contributed by atoms with E-state index in [1.54, 1.807) is 6.20 Å². The van der Waals surface area contributed by atoms with E-state index in [0.717, 1.165) is 41.1 Å². The van der Waals surface area contributed by atoms with Gasteiger partial charge < -0.3 is 19.6 Å². The van der Waals surface area contributed by atoms with E-state index in [0.29, 0.717) is 24.9 Å². The van der Waals surface area contributed by atoms with E-state index >= 15 is 0 Å². The number of carbonyl (C=O) groups excluding carboxylic acids is 1. The third-order valence-corrected chi connectivity index (χ3v) is 5.41. The molecule has 27 heavy (non-hydrogen) atoms. The maximum Gasteiger partial charge on any atom is 0.241 e. The average Bonchev–Trinajstić information content (AvgIpc) is 3.04. The summed E-state index contributed by atoms with van der Waals surface area (Å²) in [6.45, 7) is 4.56. The fraction of sp³-hybridized carbons (Fsp3) is 0.474. The van der Waals surface area contributed by atoms with Gasteiger partial charge in [0.1, 0.15) is 17.4 Å². The lowest BCUT2D eigenvalue weighted by molar-refractivity contribution is -0.119. The summed E-state index contributed by atoms with van der Waals surface area (Å²) in [6, 6.07) is 2.45. The Balaban J connectivity index is 1.56. The molecular formula is C19H22N6O2. The number of nitrogens with zero attached hydrogens (tertiary/aromatic N) is 4. The minimum absolute atomic E-state index is 0.0817. The molecule has 2 atom stereocenters. The van der Waals surface area contributed by atoms with Gasteiger partial charge in [0.05, 0.1) is 29.4 Å². The highest BCUT2D eigenvalue weighted by molar-refractivity contribution is 5.84. The van der Waals surface area contributed by atoms with Crippen LogP contribution in [0.2, 0.25) is 0 Å². The number of aromatic amines is 1. The van der Waals surface area contributed by atoms with Crippen LogP contribution >= 0.6 is 0 Å². The smallest absolute Gasteiger partial charge is 0.241 e. The zero-order valence-electron chi connectivity index (χ0n) is 15.4. The number of rotatable bonds is 5. The highest BCUT2D eigenvalue weighted by atomic mass is 16.5. The van der Waals surface area contributed by atoms with Crippen molar-refractivity contribution in [2.24, 2.45) is 5.92 Å². The summed E-state index contributed by atoms with van der Waals surface area (Å²) in [6.07, 6.45) is 6.33. The normalized spacial score (nSPS) is 20.8. The Hall–Kier alpha value is -2.90. The number of hydrogen-bond donors (Lipinski definition) is 2. The first-order valence-corrected chi connectivity index (χ1v) is 9.41. The second-order valence-electron chi connectivity index (χ2n) is 7.54. The van der Waals surface area contributed by atoms with Crippen LogP contribution in [-0.4, -0.2) is 43.1 Å². The van der Waals surface area contributed by atoms with Crippen LogP contribution in [0.5, 0.6) is 5.88 Å². The Morgan fingerprint density at radius 2 is 2.19 bits per heavy atom. The van der Waals surface area contributed by atoms with Gasteiger partial charge >= 0.3 is 0 Å². The number of fused-ring (bicyclic) bond motifs is 1. The van der Waals surface area contributed by atoms with Gasteiger partial charge in [-0.2, -0.15) is 0 Å². The second kappa shape index (κ2) is 6.07. The molecule has 8 nitrogen and oxygen atoms in total. The summed E-state index contributed by atoms with van der Waals surface area (Å²) >= 11 is 0. The first-order valence-electron chi connectivity index (χ1n) is 9.41. The van der Waals surface area contributed by atoms with E-state index in [1.807, 2.05) is 26.2 Å². The number of aromatic nitrogens is 5. The number of hydrogen-bond acceptors (Lipinski definition) is 5. The Bertz CT molecular complexity index is 1020. The summed E-state index contributed by atoms with van der Waals surface area (Å²) < 4.78 is 8.48. The molecule has 3 aromatic heterocycles. The molecule has 2 fully saturated rings. The van der Waals surface area contributed by atoms with Crippen LogP contribution in [0.25, 0.3) is 22.4 Å². The van der Waals surface area contributed by atoms with Gasteiger partial charge in [0.15, 0.2) is 0 Å². The van der Waals surface area contributed by atoms with Gasteiger partial charge in [-0.15, -0.1) is 0 Å². The summed E-state index contributed by atoms with van der Waals surface area (Å²) in [5.41, 5.74) is 3.39. The monoisotopic (exact) mass is 366 g/mol. The highest BCUT2D eigenvalue weighted by Gasteiger charge is 2.31. The van der Waals surface area contributed by atoms with Gasteiger partial charge in [0.25, 0.3) is 0 Å². The van der Waals surface area contributed by atoms with Crippen molar-refractivity contribution in [1.82, 2.24) is 29.8 Å². The minimum Gasteiger partial charge on any atom is -0.473 e. The van der Waals surface area contributed by atoms with Crippen molar-refractivity contribution in [1.29, 1.82) is 0 Å². The highest BCUT2D eigenvalue weighted by Crippen LogP contribution is 2.40. The first kappa shape index (κ1) is 16.3. The Labute approximate surface area is 156 Å². The molecule has 1 aliphatic carbocycles. The predicted molar refractivity (Wildman–Crippen MR) is 99.3 cm³/mol. The zero-order chi connectivity index (χ0) is 18.5. The van der Waals surface area contributed by atoms with Gasteiger partial charge in [-0.3, -0.25) is 4.79 Å². The van der Waals surface area contributed by atoms with E-state index in [1.165, 1.54) is 0 Å². The zero-order valence-corrected chi connectivity index (χ0v) is 15.4. The number of imidazole rings is 2. The fourth-order valence-corrected chi connectivity index (χ4v) is 3.66. The average molecular weight is 366 g/mol. The van der Waals surface area contributed by atoms with E-state index < -0.39 is 0 Å². The van der Waals surface area contributed by atoms with Crippen LogP contribution < -0.4 is 10.1 Å². The number of ether oxygens (including phenoxy) is 1. The molecule has 1 amide bonds. The molecule has 3 aromatic rings. The fourth-order valence-electron chi connectivity index (χ4n) is 3.66. The second-order valence-corrected chi connectivity index (χ2v) is 7.54. The van der Waals surface area contributed by atoms with Gasteiger partial charge in [-0.1, -0.05) is 0 Å². The summed E-state index contributed by atoms with van der Waals surface area (Å²) in [5.74, 6) is 1.63. The van der Waals surface area contributed by atoms with E-state index in [9.17, 15) is 4.79 Å². The molecule has 1 saturated carbocycles. The van der Waals surface area contributed by atoms with Gasteiger partial charge in [0.2, 0.25) is 11.8 Å². The van der Waals surface area contributed by atoms with Crippen molar-refractivity contribution in [3.05, 3.63) is 24.4 Å². The number of carbonyl (C=O) groups is 1. The van der Waals surface area contributed by atoms with E-state index in [2.05, 4.69) is 24.8 Å². The van der Waals surface area contributed by atoms with E-state index in [-0.39, 0.29) is 17.9 Å². The third-order valence-electron chi connectivity index (χ3n) is 5.41. The number of amides is 1. The largest absolute Gasteiger partial charge is 0.473 e. The number of H-pyrrole nitrogens is 1. The van der Waals surface area contributed by atoms with Crippen molar-refractivity contribution in [2.45, 2.75) is 45.3 Å². The van der Waals surface area contributed by atoms with Crippen LogP contribution in [0.3, 0.4) is 0 Å². The van der Waals surface area contributed by atoms with Crippen LogP contribution in [0.4, 0.5) is 0 Å². The number of pyridine rings is 1. The Morgan fingerprint density at radius 1 is 1.33 bits per heavy atom. The molecule has 140 valence electrons. The molecule has 4 heterocycles. The van der Waals surface area contributed by atoms with Crippen molar-refractivity contribution in [3.63, 3.8) is 0 Å². The molecular weight excluding hydrogens is 344 g/mol. The summed E-state index contributed by atoms with van der Waals surface area (Å²) in [7, 11) is 0. The first-order chi connectivity index (χ1) is 13.1. The van der Waals surface area contributed by atoms with Crippen molar-refractivity contribution >= 4 is 16.9 Å². The predicted octanol–water partition coefficient (Wildman–Crippen LogP) is 2.37. The number of nitrogens with one attached hydrogen (secondary N) is 2. The number of aryl methyl sites for hydroxylation is 1. The lowest BCUT2D eigenvalue weighted by Gasteiger charge is -2.20. The van der Waals surface area contributed by atoms with Crippen LogP contribution in [0.1, 0.15) is 38.1 Å². The van der Waals surface area contributed by atoms with Gasteiger partial charge in [0, 0.05) is 24.9 Å². The maximum absolute atomic E-state index is 11.6. The van der Waals surface area contributed by atoms with Gasteiger partial charge in [-0.25, -0.2) is 15.0 Å². The van der Waals surface area contributed by atoms with Crippen molar-refractivity contribution in [2.75, 3.05) is 6.54 Å². The molecule has 1 aliphatic heterocycles.